The van der Waals surface area contributed by atoms with Gasteiger partial charge in [0.25, 0.3) is 0 Å². The van der Waals surface area contributed by atoms with Crippen molar-refractivity contribution in [3.63, 3.8) is 0 Å². The molecule has 20 heavy (non-hydrogen) atoms. The van der Waals surface area contributed by atoms with Crippen molar-refractivity contribution in [1.29, 1.82) is 0 Å². The van der Waals surface area contributed by atoms with Gasteiger partial charge in [-0.05, 0) is 31.2 Å². The van der Waals surface area contributed by atoms with Gasteiger partial charge in [0.15, 0.2) is 0 Å². The summed E-state index contributed by atoms with van der Waals surface area (Å²) in [6.07, 6.45) is 5.42. The van der Waals surface area contributed by atoms with Gasteiger partial charge >= 0.3 is 5.97 Å². The van der Waals surface area contributed by atoms with Crippen molar-refractivity contribution in [3.8, 4) is 0 Å². The van der Waals surface area contributed by atoms with Crippen LogP contribution >= 0.6 is 23.1 Å². The van der Waals surface area contributed by atoms with Crippen molar-refractivity contribution in [1.82, 2.24) is 9.97 Å². The largest absolute Gasteiger partial charge is 0.481 e. The number of carboxylic acids is 1. The molecular formula is C14H16N2O2S2. The molecule has 2 heterocycles. The minimum Gasteiger partial charge on any atom is -0.481 e. The first-order chi connectivity index (χ1) is 9.69. The van der Waals surface area contributed by atoms with E-state index >= 15 is 0 Å². The van der Waals surface area contributed by atoms with Gasteiger partial charge in [-0.1, -0.05) is 18.7 Å². The van der Waals surface area contributed by atoms with Gasteiger partial charge in [-0.15, -0.1) is 11.3 Å². The highest BCUT2D eigenvalue weighted by Crippen LogP contribution is 2.39. The molecule has 1 N–H and O–H groups in total. The van der Waals surface area contributed by atoms with Crippen LogP contribution in [0.4, 0.5) is 0 Å². The Morgan fingerprint density at radius 2 is 2.15 bits per heavy atom. The zero-order valence-corrected chi connectivity index (χ0v) is 12.9. The van der Waals surface area contributed by atoms with Gasteiger partial charge in [0, 0.05) is 16.7 Å². The highest BCUT2D eigenvalue weighted by molar-refractivity contribution is 8.00. The molecule has 3 rings (SSSR count). The zero-order chi connectivity index (χ0) is 14.1. The predicted octanol–water partition coefficient (Wildman–Crippen LogP) is 3.31. The van der Waals surface area contributed by atoms with E-state index in [0.29, 0.717) is 0 Å². The van der Waals surface area contributed by atoms with Crippen LogP contribution in [0, 0.1) is 0 Å². The van der Waals surface area contributed by atoms with E-state index in [1.165, 1.54) is 35.0 Å². The SMILES string of the molecule is CCc1nc(SCC(=O)O)c2c3c(sc2n1)CCCC3. The Bertz CT molecular complexity index is 667. The van der Waals surface area contributed by atoms with Crippen LogP contribution in [-0.4, -0.2) is 26.8 Å². The summed E-state index contributed by atoms with van der Waals surface area (Å²) in [4.78, 5) is 22.5. The summed E-state index contributed by atoms with van der Waals surface area (Å²) in [6, 6.07) is 0. The second-order valence-electron chi connectivity index (χ2n) is 4.87. The molecule has 4 nitrogen and oxygen atoms in total. The maximum atomic E-state index is 10.8. The topological polar surface area (TPSA) is 63.1 Å². The molecule has 0 aliphatic heterocycles. The van der Waals surface area contributed by atoms with Crippen molar-refractivity contribution in [2.75, 3.05) is 5.75 Å². The highest BCUT2D eigenvalue weighted by Gasteiger charge is 2.21. The first-order valence-corrected chi connectivity index (χ1v) is 8.65. The summed E-state index contributed by atoms with van der Waals surface area (Å²) in [5.41, 5.74) is 1.37. The molecule has 1 aliphatic rings. The second-order valence-corrected chi connectivity index (χ2v) is 6.92. The lowest BCUT2D eigenvalue weighted by Crippen LogP contribution is -2.02. The van der Waals surface area contributed by atoms with Crippen molar-refractivity contribution in [2.24, 2.45) is 0 Å². The average Bonchev–Trinajstić information content (AvgIpc) is 2.82. The summed E-state index contributed by atoms with van der Waals surface area (Å²) in [7, 11) is 0. The van der Waals surface area contributed by atoms with Crippen LogP contribution in [0.2, 0.25) is 0 Å². The number of hydrogen-bond acceptors (Lipinski definition) is 5. The third-order valence-corrected chi connectivity index (χ3v) is 5.62. The lowest BCUT2D eigenvalue weighted by Gasteiger charge is -2.11. The Balaban J connectivity index is 2.13. The van der Waals surface area contributed by atoms with E-state index in [0.717, 1.165) is 40.3 Å². The lowest BCUT2D eigenvalue weighted by molar-refractivity contribution is -0.133. The Hall–Kier alpha value is -1.14. The Morgan fingerprint density at radius 1 is 1.35 bits per heavy atom. The van der Waals surface area contributed by atoms with Crippen LogP contribution < -0.4 is 0 Å². The van der Waals surface area contributed by atoms with Crippen LogP contribution in [-0.2, 0) is 24.1 Å². The number of carbonyl (C=O) groups is 1. The van der Waals surface area contributed by atoms with Gasteiger partial charge in [-0.2, -0.15) is 0 Å². The number of hydrogen-bond donors (Lipinski definition) is 1. The molecule has 0 fully saturated rings. The van der Waals surface area contributed by atoms with Crippen LogP contribution in [0.25, 0.3) is 10.2 Å². The number of aliphatic carboxylic acids is 1. The van der Waals surface area contributed by atoms with Crippen LogP contribution in [0.1, 0.15) is 36.0 Å². The smallest absolute Gasteiger partial charge is 0.313 e. The van der Waals surface area contributed by atoms with Gasteiger partial charge in [-0.25, -0.2) is 9.97 Å². The molecule has 0 radical (unpaired) electrons. The quantitative estimate of drug-likeness (QED) is 0.693. The number of aryl methyl sites for hydroxylation is 3. The van der Waals surface area contributed by atoms with E-state index in [-0.39, 0.29) is 5.75 Å². The third kappa shape index (κ3) is 2.54. The molecular weight excluding hydrogens is 292 g/mol. The van der Waals surface area contributed by atoms with E-state index in [9.17, 15) is 4.79 Å². The monoisotopic (exact) mass is 308 g/mol. The van der Waals surface area contributed by atoms with Crippen LogP contribution in [0.3, 0.4) is 0 Å². The molecule has 0 saturated heterocycles. The van der Waals surface area contributed by atoms with Gasteiger partial charge in [0.2, 0.25) is 0 Å². The lowest BCUT2D eigenvalue weighted by atomic mass is 9.97. The first kappa shape index (κ1) is 13.8. The van der Waals surface area contributed by atoms with Gasteiger partial charge < -0.3 is 5.11 Å². The fourth-order valence-corrected chi connectivity index (χ4v) is 4.70. The molecule has 2 aromatic rings. The number of thioether (sulfide) groups is 1. The summed E-state index contributed by atoms with van der Waals surface area (Å²) in [5.74, 6) is 0.0628. The number of aromatic nitrogens is 2. The molecule has 0 bridgehead atoms. The molecule has 0 unspecified atom stereocenters. The maximum absolute atomic E-state index is 10.8. The first-order valence-electron chi connectivity index (χ1n) is 6.84. The van der Waals surface area contributed by atoms with E-state index in [1.54, 1.807) is 11.3 Å². The van der Waals surface area contributed by atoms with E-state index in [1.807, 2.05) is 6.92 Å². The van der Waals surface area contributed by atoms with Gasteiger partial charge in [0.05, 0.1) is 5.75 Å². The molecule has 1 aliphatic carbocycles. The number of nitrogens with zero attached hydrogens (tertiary/aromatic N) is 2. The average molecular weight is 308 g/mol. The molecule has 0 aromatic carbocycles. The standard InChI is InChI=1S/C14H16N2O2S2/c1-2-10-15-13(19-7-11(17)18)12-8-5-3-4-6-9(8)20-14(12)16-10/h2-7H2,1H3,(H,17,18). The van der Waals surface area contributed by atoms with Gasteiger partial charge in [-0.3, -0.25) is 4.79 Å². The fourth-order valence-electron chi connectivity index (χ4n) is 2.56. The highest BCUT2D eigenvalue weighted by atomic mass is 32.2. The molecule has 0 spiro atoms. The summed E-state index contributed by atoms with van der Waals surface area (Å²) < 4.78 is 0. The summed E-state index contributed by atoms with van der Waals surface area (Å²) >= 11 is 3.09. The zero-order valence-electron chi connectivity index (χ0n) is 11.3. The van der Waals surface area contributed by atoms with Crippen molar-refractivity contribution >= 4 is 39.3 Å². The minimum absolute atomic E-state index is 0.0554. The molecule has 2 aromatic heterocycles. The van der Waals surface area contributed by atoms with Crippen LogP contribution in [0.5, 0.6) is 0 Å². The predicted molar refractivity (Wildman–Crippen MR) is 81.8 cm³/mol. The van der Waals surface area contributed by atoms with E-state index in [4.69, 9.17) is 5.11 Å². The van der Waals surface area contributed by atoms with Gasteiger partial charge in [0.1, 0.15) is 15.7 Å². The van der Waals surface area contributed by atoms with E-state index in [2.05, 4.69) is 9.97 Å². The third-order valence-electron chi connectivity index (χ3n) is 3.48. The number of thiophene rings is 1. The molecule has 6 heteroatoms. The van der Waals surface area contributed by atoms with Crippen molar-refractivity contribution in [3.05, 3.63) is 16.3 Å². The summed E-state index contributed by atoms with van der Waals surface area (Å²) in [6.45, 7) is 2.03. The molecule has 0 atom stereocenters. The maximum Gasteiger partial charge on any atom is 0.313 e. The van der Waals surface area contributed by atoms with Crippen LogP contribution in [0.15, 0.2) is 5.03 Å². The number of fused-ring (bicyclic) bond motifs is 3. The second kappa shape index (κ2) is 5.69. The number of carboxylic acid groups (broad SMARTS) is 1. The summed E-state index contributed by atoms with van der Waals surface area (Å²) in [5, 5.41) is 10.9. The number of rotatable bonds is 4. The minimum atomic E-state index is -0.802. The van der Waals surface area contributed by atoms with E-state index < -0.39 is 5.97 Å². The normalized spacial score (nSPS) is 14.4. The Kier molecular flexibility index (Phi) is 3.94. The molecule has 106 valence electrons. The van der Waals surface area contributed by atoms with Crippen molar-refractivity contribution in [2.45, 2.75) is 44.1 Å². The van der Waals surface area contributed by atoms with Crippen molar-refractivity contribution < 1.29 is 9.90 Å². The fraction of sp³-hybridized carbons (Fsp3) is 0.500. The molecule has 0 amide bonds. The Morgan fingerprint density at radius 3 is 2.90 bits per heavy atom. The molecule has 0 saturated carbocycles. The Labute approximate surface area is 125 Å².